The molecule has 0 aromatic heterocycles. The first kappa shape index (κ1) is 21.7. The zero-order valence-corrected chi connectivity index (χ0v) is 18.2. The number of rotatable bonds is 6. The van der Waals surface area contributed by atoms with Crippen LogP contribution in [0.5, 0.6) is 5.75 Å². The van der Waals surface area contributed by atoms with Gasteiger partial charge in [-0.25, -0.2) is 13.6 Å². The maximum atomic E-state index is 14.0. The number of ether oxygens (including phenoxy) is 1. The second kappa shape index (κ2) is 9.32. The summed E-state index contributed by atoms with van der Waals surface area (Å²) in [5.74, 6) is -0.988. The SMILES string of the molecule is O=C1N/C(=C/c2cc(Br)ccc2OCc2cccc(F)c2)C(=O)N1Cc1ccccc1F. The van der Waals surface area contributed by atoms with Crippen molar-refractivity contribution < 1.29 is 23.1 Å². The van der Waals surface area contributed by atoms with Gasteiger partial charge in [0.25, 0.3) is 5.91 Å². The Morgan fingerprint density at radius 1 is 1.00 bits per heavy atom. The maximum absolute atomic E-state index is 14.0. The molecular formula is C24H17BrF2N2O3. The van der Waals surface area contributed by atoms with Gasteiger partial charge < -0.3 is 10.1 Å². The lowest BCUT2D eigenvalue weighted by Crippen LogP contribution is -2.30. The summed E-state index contributed by atoms with van der Waals surface area (Å²) in [5, 5.41) is 2.53. The molecule has 0 bridgehead atoms. The summed E-state index contributed by atoms with van der Waals surface area (Å²) in [4.78, 5) is 26.1. The van der Waals surface area contributed by atoms with Gasteiger partial charge in [0.15, 0.2) is 0 Å². The van der Waals surface area contributed by atoms with E-state index < -0.39 is 17.8 Å². The Balaban J connectivity index is 1.56. The first-order chi connectivity index (χ1) is 15.4. The van der Waals surface area contributed by atoms with E-state index in [4.69, 9.17) is 4.74 Å². The first-order valence-corrected chi connectivity index (χ1v) is 10.4. The van der Waals surface area contributed by atoms with Crippen LogP contribution in [0.3, 0.4) is 0 Å². The smallest absolute Gasteiger partial charge is 0.329 e. The number of hydrogen-bond acceptors (Lipinski definition) is 3. The summed E-state index contributed by atoms with van der Waals surface area (Å²) in [5.41, 5.74) is 1.46. The number of carbonyl (C=O) groups excluding carboxylic acids is 2. The van der Waals surface area contributed by atoms with Crippen molar-refractivity contribution in [3.05, 3.63) is 105 Å². The number of urea groups is 1. The Hall–Kier alpha value is -3.52. The van der Waals surface area contributed by atoms with Gasteiger partial charge in [-0.1, -0.05) is 46.3 Å². The van der Waals surface area contributed by atoms with Crippen LogP contribution >= 0.6 is 15.9 Å². The number of imide groups is 1. The topological polar surface area (TPSA) is 58.6 Å². The monoisotopic (exact) mass is 498 g/mol. The van der Waals surface area contributed by atoms with E-state index in [1.807, 2.05) is 0 Å². The molecule has 3 aromatic carbocycles. The molecule has 1 aliphatic rings. The first-order valence-electron chi connectivity index (χ1n) is 9.65. The molecule has 3 amide bonds. The molecule has 0 radical (unpaired) electrons. The van der Waals surface area contributed by atoms with Crippen molar-refractivity contribution in [3.63, 3.8) is 0 Å². The molecule has 1 heterocycles. The Morgan fingerprint density at radius 3 is 2.59 bits per heavy atom. The highest BCUT2D eigenvalue weighted by Crippen LogP contribution is 2.28. The van der Waals surface area contributed by atoms with E-state index in [9.17, 15) is 18.4 Å². The molecule has 5 nitrogen and oxygen atoms in total. The van der Waals surface area contributed by atoms with Gasteiger partial charge in [-0.2, -0.15) is 0 Å². The van der Waals surface area contributed by atoms with Crippen LogP contribution in [0.15, 0.2) is 76.9 Å². The molecule has 1 N–H and O–H groups in total. The molecule has 0 saturated carbocycles. The molecular weight excluding hydrogens is 482 g/mol. The Bertz CT molecular complexity index is 1230. The zero-order chi connectivity index (χ0) is 22.7. The minimum atomic E-state index is -0.637. The lowest BCUT2D eigenvalue weighted by Gasteiger charge is -2.12. The quantitative estimate of drug-likeness (QED) is 0.365. The van der Waals surface area contributed by atoms with Crippen molar-refractivity contribution >= 4 is 33.9 Å². The third kappa shape index (κ3) is 4.86. The van der Waals surface area contributed by atoms with Crippen LogP contribution in [0.4, 0.5) is 13.6 Å². The number of carbonyl (C=O) groups is 2. The summed E-state index contributed by atoms with van der Waals surface area (Å²) < 4.78 is 33.9. The van der Waals surface area contributed by atoms with Crippen molar-refractivity contribution in [1.82, 2.24) is 10.2 Å². The van der Waals surface area contributed by atoms with E-state index in [1.54, 1.807) is 36.4 Å². The van der Waals surface area contributed by atoms with E-state index in [1.165, 1.54) is 36.4 Å². The van der Waals surface area contributed by atoms with Gasteiger partial charge in [-0.15, -0.1) is 0 Å². The predicted molar refractivity (Wildman–Crippen MR) is 118 cm³/mol. The number of hydrogen-bond donors (Lipinski definition) is 1. The second-order valence-corrected chi connectivity index (χ2v) is 7.99. The Kier molecular flexibility index (Phi) is 6.32. The van der Waals surface area contributed by atoms with Crippen LogP contribution in [-0.2, 0) is 17.9 Å². The Morgan fingerprint density at radius 2 is 1.81 bits per heavy atom. The largest absolute Gasteiger partial charge is 0.488 e. The van der Waals surface area contributed by atoms with Gasteiger partial charge in [-0.3, -0.25) is 9.69 Å². The van der Waals surface area contributed by atoms with Crippen LogP contribution in [0.25, 0.3) is 6.08 Å². The fourth-order valence-electron chi connectivity index (χ4n) is 3.22. The van der Waals surface area contributed by atoms with E-state index in [0.29, 0.717) is 16.9 Å². The molecule has 0 atom stereocenters. The lowest BCUT2D eigenvalue weighted by atomic mass is 10.1. The molecule has 4 rings (SSSR count). The number of benzene rings is 3. The maximum Gasteiger partial charge on any atom is 0.329 e. The fourth-order valence-corrected chi connectivity index (χ4v) is 3.60. The average molecular weight is 499 g/mol. The van der Waals surface area contributed by atoms with Crippen LogP contribution in [0.2, 0.25) is 0 Å². The summed E-state index contributed by atoms with van der Waals surface area (Å²) in [6.45, 7) is -0.0641. The number of nitrogens with zero attached hydrogens (tertiary/aromatic N) is 1. The second-order valence-electron chi connectivity index (χ2n) is 7.07. The van der Waals surface area contributed by atoms with E-state index in [-0.39, 0.29) is 30.2 Å². The summed E-state index contributed by atoms with van der Waals surface area (Å²) in [6.07, 6.45) is 1.49. The van der Waals surface area contributed by atoms with E-state index >= 15 is 0 Å². The zero-order valence-electron chi connectivity index (χ0n) is 16.6. The van der Waals surface area contributed by atoms with Crippen LogP contribution in [-0.4, -0.2) is 16.8 Å². The van der Waals surface area contributed by atoms with Crippen molar-refractivity contribution in [1.29, 1.82) is 0 Å². The molecule has 0 spiro atoms. The summed E-state index contributed by atoms with van der Waals surface area (Å²) in [6, 6.07) is 16.6. The van der Waals surface area contributed by atoms with Crippen molar-refractivity contribution in [2.75, 3.05) is 0 Å². The van der Waals surface area contributed by atoms with Gasteiger partial charge >= 0.3 is 6.03 Å². The van der Waals surface area contributed by atoms with E-state index in [0.717, 1.165) is 9.37 Å². The number of halogens is 3. The van der Waals surface area contributed by atoms with Gasteiger partial charge in [-0.05, 0) is 48.0 Å². The molecule has 32 heavy (non-hydrogen) atoms. The number of amides is 3. The highest BCUT2D eigenvalue weighted by molar-refractivity contribution is 9.10. The molecule has 0 unspecified atom stereocenters. The van der Waals surface area contributed by atoms with Gasteiger partial charge in [0.2, 0.25) is 0 Å². The molecule has 1 saturated heterocycles. The minimum absolute atomic E-state index is 0.0417. The predicted octanol–water partition coefficient (Wildman–Crippen LogP) is 5.40. The molecule has 162 valence electrons. The molecule has 8 heteroatoms. The van der Waals surface area contributed by atoms with E-state index in [2.05, 4.69) is 21.2 Å². The van der Waals surface area contributed by atoms with Crippen LogP contribution < -0.4 is 10.1 Å². The molecule has 3 aromatic rings. The lowest BCUT2D eigenvalue weighted by molar-refractivity contribution is -0.123. The van der Waals surface area contributed by atoms with Gasteiger partial charge in [0.05, 0.1) is 6.54 Å². The average Bonchev–Trinajstić information content (AvgIpc) is 3.02. The van der Waals surface area contributed by atoms with Crippen molar-refractivity contribution in [3.8, 4) is 5.75 Å². The third-order valence-corrected chi connectivity index (χ3v) is 5.30. The molecule has 0 aliphatic carbocycles. The Labute approximate surface area is 191 Å². The van der Waals surface area contributed by atoms with Crippen LogP contribution in [0.1, 0.15) is 16.7 Å². The normalized spacial score (nSPS) is 14.7. The summed E-state index contributed by atoms with van der Waals surface area (Å²) in [7, 11) is 0. The van der Waals surface area contributed by atoms with Gasteiger partial charge in [0.1, 0.15) is 29.7 Å². The van der Waals surface area contributed by atoms with Gasteiger partial charge in [0, 0.05) is 15.6 Å². The van der Waals surface area contributed by atoms with Crippen molar-refractivity contribution in [2.45, 2.75) is 13.2 Å². The molecule has 1 aliphatic heterocycles. The third-order valence-electron chi connectivity index (χ3n) is 4.80. The standard InChI is InChI=1S/C24H17BrF2N2O3/c25-18-8-9-22(32-14-15-4-3-6-19(26)10-15)17(11-18)12-21-23(30)29(24(31)28-21)13-16-5-1-2-7-20(16)27/h1-12H,13-14H2,(H,28,31)/b21-12+. The highest BCUT2D eigenvalue weighted by Gasteiger charge is 2.34. The fraction of sp³-hybridized carbons (Fsp3) is 0.0833. The summed E-state index contributed by atoms with van der Waals surface area (Å²) >= 11 is 3.38. The highest BCUT2D eigenvalue weighted by atomic mass is 79.9. The minimum Gasteiger partial charge on any atom is -0.488 e. The van der Waals surface area contributed by atoms with Crippen LogP contribution in [0, 0.1) is 11.6 Å². The number of nitrogens with one attached hydrogen (secondary N) is 1. The molecule has 1 fully saturated rings. The van der Waals surface area contributed by atoms with Crippen molar-refractivity contribution in [2.24, 2.45) is 0 Å².